The Bertz CT molecular complexity index is 1020. The molecule has 0 radical (unpaired) electrons. The van der Waals surface area contributed by atoms with E-state index in [1.807, 2.05) is 0 Å². The standard InChI is InChI=1S/C21H17NO6/c1-26-14-8-6-13(7-9-14)19(23)17-18(16-5-3-11-28-16)22(21(25)20(17)24)12-15-4-2-10-27-15/h2-11,18,23H,12H2,1H3/b19-17+. The number of carbonyl (C=O) groups is 2. The molecule has 28 heavy (non-hydrogen) atoms. The molecule has 1 aromatic carbocycles. The normalized spacial score (nSPS) is 18.6. The lowest BCUT2D eigenvalue weighted by Crippen LogP contribution is -2.28. The van der Waals surface area contributed by atoms with Crippen LogP contribution in [0.5, 0.6) is 5.75 Å². The van der Waals surface area contributed by atoms with E-state index in [0.29, 0.717) is 22.8 Å². The summed E-state index contributed by atoms with van der Waals surface area (Å²) in [6.07, 6.45) is 2.95. The Kier molecular flexibility index (Phi) is 4.49. The highest BCUT2D eigenvalue weighted by Gasteiger charge is 2.47. The zero-order valence-corrected chi connectivity index (χ0v) is 15.0. The van der Waals surface area contributed by atoms with Crippen LogP contribution in [0.25, 0.3) is 5.76 Å². The van der Waals surface area contributed by atoms with E-state index in [1.54, 1.807) is 48.5 Å². The highest BCUT2D eigenvalue weighted by Crippen LogP contribution is 2.40. The highest BCUT2D eigenvalue weighted by molar-refractivity contribution is 6.46. The number of Topliss-reactive ketones (excluding diaryl/α,β-unsaturated/α-hetero) is 1. The van der Waals surface area contributed by atoms with Crippen molar-refractivity contribution in [2.75, 3.05) is 7.11 Å². The fourth-order valence-corrected chi connectivity index (χ4v) is 3.26. The Morgan fingerprint density at radius 3 is 2.39 bits per heavy atom. The molecule has 1 fully saturated rings. The smallest absolute Gasteiger partial charge is 0.296 e. The number of aliphatic hydroxyl groups is 1. The van der Waals surface area contributed by atoms with Crippen molar-refractivity contribution in [1.29, 1.82) is 0 Å². The van der Waals surface area contributed by atoms with Gasteiger partial charge in [-0.05, 0) is 48.5 Å². The van der Waals surface area contributed by atoms with Crippen molar-refractivity contribution in [2.24, 2.45) is 0 Å². The zero-order valence-electron chi connectivity index (χ0n) is 15.0. The number of hydrogen-bond acceptors (Lipinski definition) is 6. The van der Waals surface area contributed by atoms with E-state index in [9.17, 15) is 14.7 Å². The van der Waals surface area contributed by atoms with Crippen LogP contribution >= 0.6 is 0 Å². The van der Waals surface area contributed by atoms with Crippen LogP contribution in [-0.2, 0) is 16.1 Å². The number of likely N-dealkylation sites (tertiary alicyclic amines) is 1. The third-order valence-electron chi connectivity index (χ3n) is 4.62. The number of carbonyl (C=O) groups excluding carboxylic acids is 2. The van der Waals surface area contributed by atoms with Gasteiger partial charge in [-0.25, -0.2) is 0 Å². The third kappa shape index (κ3) is 2.96. The van der Waals surface area contributed by atoms with E-state index in [0.717, 1.165) is 0 Å². The fraction of sp³-hybridized carbons (Fsp3) is 0.143. The molecular formula is C21H17NO6. The Labute approximate surface area is 160 Å². The van der Waals surface area contributed by atoms with Crippen LogP contribution in [0.15, 0.2) is 75.5 Å². The van der Waals surface area contributed by atoms with E-state index in [2.05, 4.69) is 0 Å². The highest BCUT2D eigenvalue weighted by atomic mass is 16.5. The fourth-order valence-electron chi connectivity index (χ4n) is 3.26. The van der Waals surface area contributed by atoms with Crippen molar-refractivity contribution in [3.63, 3.8) is 0 Å². The first-order valence-corrected chi connectivity index (χ1v) is 8.58. The van der Waals surface area contributed by atoms with Crippen LogP contribution in [0, 0.1) is 0 Å². The Hall–Kier alpha value is -3.74. The number of rotatable bonds is 5. The van der Waals surface area contributed by atoms with Crippen LogP contribution in [0.4, 0.5) is 0 Å². The molecule has 1 aliphatic heterocycles. The number of ketones is 1. The molecule has 2 aromatic heterocycles. The lowest BCUT2D eigenvalue weighted by atomic mass is 9.99. The molecule has 142 valence electrons. The zero-order chi connectivity index (χ0) is 19.7. The quantitative estimate of drug-likeness (QED) is 0.414. The lowest BCUT2D eigenvalue weighted by molar-refractivity contribution is -0.140. The summed E-state index contributed by atoms with van der Waals surface area (Å²) in [5, 5.41) is 10.9. The number of hydrogen-bond donors (Lipinski definition) is 1. The van der Waals surface area contributed by atoms with Crippen molar-refractivity contribution in [3.8, 4) is 5.75 Å². The van der Waals surface area contributed by atoms with Gasteiger partial charge in [-0.1, -0.05) is 0 Å². The van der Waals surface area contributed by atoms with Gasteiger partial charge in [0.15, 0.2) is 0 Å². The number of ether oxygens (including phenoxy) is 1. The SMILES string of the molecule is COc1ccc(/C(O)=C2\C(=O)C(=O)N(Cc3ccco3)C2c2ccco2)cc1. The maximum atomic E-state index is 12.8. The molecule has 0 aliphatic carbocycles. The predicted octanol–water partition coefficient (Wildman–Crippen LogP) is 3.50. The first-order chi connectivity index (χ1) is 13.6. The summed E-state index contributed by atoms with van der Waals surface area (Å²) in [6.45, 7) is 0.0718. The molecule has 3 aromatic rings. The number of amides is 1. The van der Waals surface area contributed by atoms with Gasteiger partial charge in [0.2, 0.25) is 0 Å². The second-order valence-electron chi connectivity index (χ2n) is 6.25. The summed E-state index contributed by atoms with van der Waals surface area (Å²) >= 11 is 0. The van der Waals surface area contributed by atoms with E-state index in [4.69, 9.17) is 13.6 Å². The molecule has 1 atom stereocenters. The maximum Gasteiger partial charge on any atom is 0.296 e. The van der Waals surface area contributed by atoms with Crippen LogP contribution in [0.1, 0.15) is 23.1 Å². The summed E-state index contributed by atoms with van der Waals surface area (Å²) in [5.41, 5.74) is 0.366. The average molecular weight is 379 g/mol. The van der Waals surface area contributed by atoms with E-state index < -0.39 is 17.7 Å². The summed E-state index contributed by atoms with van der Waals surface area (Å²) in [7, 11) is 1.53. The first kappa shape index (κ1) is 17.7. The van der Waals surface area contributed by atoms with Crippen molar-refractivity contribution in [3.05, 3.63) is 83.7 Å². The Balaban J connectivity index is 1.81. The lowest BCUT2D eigenvalue weighted by Gasteiger charge is -2.22. The molecular weight excluding hydrogens is 362 g/mol. The molecule has 1 saturated heterocycles. The molecule has 1 unspecified atom stereocenters. The molecule has 7 heteroatoms. The van der Waals surface area contributed by atoms with Crippen LogP contribution in [-0.4, -0.2) is 28.8 Å². The molecule has 0 saturated carbocycles. The minimum atomic E-state index is -0.859. The van der Waals surface area contributed by atoms with E-state index in [-0.39, 0.29) is 17.9 Å². The van der Waals surface area contributed by atoms with E-state index in [1.165, 1.54) is 24.5 Å². The van der Waals surface area contributed by atoms with Gasteiger partial charge in [-0.3, -0.25) is 9.59 Å². The molecule has 1 amide bonds. The van der Waals surface area contributed by atoms with Gasteiger partial charge in [0, 0.05) is 5.56 Å². The average Bonchev–Trinajstić information content (AvgIpc) is 3.46. The maximum absolute atomic E-state index is 12.8. The molecule has 3 heterocycles. The molecule has 7 nitrogen and oxygen atoms in total. The van der Waals surface area contributed by atoms with Gasteiger partial charge in [0.05, 0.1) is 31.8 Å². The second kappa shape index (κ2) is 7.11. The van der Waals surface area contributed by atoms with Crippen molar-refractivity contribution in [1.82, 2.24) is 4.90 Å². The minimum Gasteiger partial charge on any atom is -0.507 e. The summed E-state index contributed by atoms with van der Waals surface area (Å²) in [6, 6.07) is 12.4. The minimum absolute atomic E-state index is 0.0309. The number of methoxy groups -OCH3 is 1. The first-order valence-electron chi connectivity index (χ1n) is 8.58. The Morgan fingerprint density at radius 2 is 1.79 bits per heavy atom. The van der Waals surface area contributed by atoms with Crippen molar-refractivity contribution in [2.45, 2.75) is 12.6 Å². The molecule has 1 aliphatic rings. The molecule has 4 rings (SSSR count). The predicted molar refractivity (Wildman–Crippen MR) is 98.3 cm³/mol. The van der Waals surface area contributed by atoms with Gasteiger partial charge in [0.1, 0.15) is 29.1 Å². The number of nitrogens with zero attached hydrogens (tertiary/aromatic N) is 1. The summed E-state index contributed by atoms with van der Waals surface area (Å²) in [4.78, 5) is 26.8. The molecule has 0 spiro atoms. The summed E-state index contributed by atoms with van der Waals surface area (Å²) < 4.78 is 15.9. The van der Waals surface area contributed by atoms with Gasteiger partial charge in [-0.2, -0.15) is 0 Å². The second-order valence-corrected chi connectivity index (χ2v) is 6.25. The van der Waals surface area contributed by atoms with Crippen LogP contribution in [0.2, 0.25) is 0 Å². The topological polar surface area (TPSA) is 93.1 Å². The molecule has 1 N–H and O–H groups in total. The number of benzene rings is 1. The van der Waals surface area contributed by atoms with Crippen molar-refractivity contribution < 1.29 is 28.3 Å². The number of furan rings is 2. The summed E-state index contributed by atoms with van der Waals surface area (Å²) in [5.74, 6) is -0.278. The largest absolute Gasteiger partial charge is 0.507 e. The van der Waals surface area contributed by atoms with Gasteiger partial charge >= 0.3 is 0 Å². The molecule has 0 bridgehead atoms. The monoisotopic (exact) mass is 379 g/mol. The van der Waals surface area contributed by atoms with Crippen molar-refractivity contribution >= 4 is 17.4 Å². The van der Waals surface area contributed by atoms with Gasteiger partial charge < -0.3 is 23.6 Å². The van der Waals surface area contributed by atoms with E-state index >= 15 is 0 Å². The van der Waals surface area contributed by atoms with Crippen LogP contribution < -0.4 is 4.74 Å². The third-order valence-corrected chi connectivity index (χ3v) is 4.62. The van der Waals surface area contributed by atoms with Gasteiger partial charge in [0.25, 0.3) is 11.7 Å². The number of aliphatic hydroxyl groups excluding tert-OH is 1. The Morgan fingerprint density at radius 1 is 1.07 bits per heavy atom. The van der Waals surface area contributed by atoms with Crippen LogP contribution in [0.3, 0.4) is 0 Å². The van der Waals surface area contributed by atoms with Gasteiger partial charge in [-0.15, -0.1) is 0 Å².